The zero-order valence-corrected chi connectivity index (χ0v) is 14.8. The van der Waals surface area contributed by atoms with Gasteiger partial charge in [0.1, 0.15) is 9.57 Å². The fourth-order valence-electron chi connectivity index (χ4n) is 2.18. The molecule has 0 aliphatic rings. The highest BCUT2D eigenvalue weighted by molar-refractivity contribution is 8.23. The van der Waals surface area contributed by atoms with Gasteiger partial charge in [0.05, 0.1) is 7.11 Å². The molecule has 0 N–H and O–H groups in total. The average molecular weight is 345 g/mol. The second kappa shape index (κ2) is 8.70. The summed E-state index contributed by atoms with van der Waals surface area (Å²) in [4.78, 5) is 14.2. The van der Waals surface area contributed by atoms with E-state index in [0.717, 1.165) is 17.8 Å². The maximum atomic E-state index is 12.2. The first-order valence-electron chi connectivity index (χ1n) is 7.33. The Morgan fingerprint density at radius 2 is 1.70 bits per heavy atom. The van der Waals surface area contributed by atoms with Crippen LogP contribution in [0.2, 0.25) is 0 Å². The Morgan fingerprint density at radius 3 is 2.22 bits per heavy atom. The number of ether oxygens (including phenoxy) is 1. The molecule has 0 aliphatic heterocycles. The van der Waals surface area contributed by atoms with E-state index < -0.39 is 5.25 Å². The molecule has 2 aromatic rings. The van der Waals surface area contributed by atoms with Crippen molar-refractivity contribution >= 4 is 40.0 Å². The monoisotopic (exact) mass is 345 g/mol. The zero-order chi connectivity index (χ0) is 16.7. The number of carbonyl (C=O) groups excluding carboxylic acids is 1. The van der Waals surface area contributed by atoms with E-state index in [1.165, 1.54) is 18.9 Å². The number of hydrogen-bond acceptors (Lipinski definition) is 4. The van der Waals surface area contributed by atoms with E-state index in [-0.39, 0.29) is 5.97 Å². The highest BCUT2D eigenvalue weighted by atomic mass is 32.2. The van der Waals surface area contributed by atoms with Crippen LogP contribution in [0, 0.1) is 0 Å². The molecule has 3 nitrogen and oxygen atoms in total. The number of benzene rings is 2. The zero-order valence-electron chi connectivity index (χ0n) is 13.1. The van der Waals surface area contributed by atoms with Gasteiger partial charge in [-0.1, -0.05) is 72.5 Å². The van der Waals surface area contributed by atoms with Gasteiger partial charge in [-0.2, -0.15) is 0 Å². The molecule has 0 bridgehead atoms. The second-order valence-electron chi connectivity index (χ2n) is 4.78. The van der Waals surface area contributed by atoms with Crippen molar-refractivity contribution in [2.45, 2.75) is 12.2 Å². The number of hydrogen-bond donors (Lipinski definition) is 0. The number of methoxy groups -OCH3 is 1. The summed E-state index contributed by atoms with van der Waals surface area (Å²) in [6, 6.07) is 19.5. The van der Waals surface area contributed by atoms with E-state index in [9.17, 15) is 4.79 Å². The van der Waals surface area contributed by atoms with Crippen LogP contribution in [-0.2, 0) is 9.53 Å². The van der Waals surface area contributed by atoms with Crippen molar-refractivity contribution < 1.29 is 9.53 Å². The van der Waals surface area contributed by atoms with Gasteiger partial charge in [-0.15, -0.1) is 0 Å². The summed E-state index contributed by atoms with van der Waals surface area (Å²) in [7, 11) is 1.40. The number of thiocarbonyl (C=S) groups is 1. The molecule has 0 saturated carbocycles. The SMILES string of the molecule is CCN(C(=S)SC(C(=O)OC)c1ccccc1)c1ccccc1. The van der Waals surface area contributed by atoms with Crippen LogP contribution >= 0.6 is 24.0 Å². The quantitative estimate of drug-likeness (QED) is 0.590. The van der Waals surface area contributed by atoms with Gasteiger partial charge in [-0.25, -0.2) is 0 Å². The maximum absolute atomic E-state index is 12.2. The normalized spacial score (nSPS) is 11.6. The van der Waals surface area contributed by atoms with Crippen molar-refractivity contribution in [1.82, 2.24) is 0 Å². The van der Waals surface area contributed by atoms with Crippen LogP contribution in [0.3, 0.4) is 0 Å². The molecular formula is C18H19NO2S2. The summed E-state index contributed by atoms with van der Waals surface area (Å²) in [6.07, 6.45) is 0. The van der Waals surface area contributed by atoms with E-state index in [0.29, 0.717) is 4.32 Å². The van der Waals surface area contributed by atoms with E-state index in [1.807, 2.05) is 72.5 Å². The lowest BCUT2D eigenvalue weighted by molar-refractivity contribution is -0.140. The standard InChI is InChI=1S/C18H19NO2S2/c1-3-19(15-12-8-5-9-13-15)18(22)23-16(17(20)21-2)14-10-6-4-7-11-14/h4-13,16H,3H2,1-2H3. The third-order valence-electron chi connectivity index (χ3n) is 3.34. The molecule has 0 saturated heterocycles. The Balaban J connectivity index is 2.21. The summed E-state index contributed by atoms with van der Waals surface area (Å²) in [5.41, 5.74) is 1.90. The van der Waals surface area contributed by atoms with Gasteiger partial charge in [-0.05, 0) is 24.6 Å². The molecule has 0 fully saturated rings. The Hall–Kier alpha value is -1.85. The summed E-state index contributed by atoms with van der Waals surface area (Å²) in [5, 5.41) is -0.466. The third-order valence-corrected chi connectivity index (χ3v) is 4.97. The average Bonchev–Trinajstić information content (AvgIpc) is 2.61. The minimum Gasteiger partial charge on any atom is -0.468 e. The fraction of sp³-hybridized carbons (Fsp3) is 0.222. The number of thioether (sulfide) groups is 1. The molecule has 2 rings (SSSR count). The molecule has 0 aliphatic carbocycles. The van der Waals surface area contributed by atoms with Crippen molar-refractivity contribution in [1.29, 1.82) is 0 Å². The van der Waals surface area contributed by atoms with Crippen molar-refractivity contribution in [3.8, 4) is 0 Å². The predicted molar refractivity (Wildman–Crippen MR) is 101 cm³/mol. The van der Waals surface area contributed by atoms with Gasteiger partial charge in [0, 0.05) is 12.2 Å². The number of rotatable bonds is 5. The topological polar surface area (TPSA) is 29.5 Å². The minimum atomic E-state index is -0.466. The first-order valence-corrected chi connectivity index (χ1v) is 8.62. The summed E-state index contributed by atoms with van der Waals surface area (Å²) < 4.78 is 5.60. The first kappa shape index (κ1) is 17.5. The fourth-order valence-corrected chi connectivity index (χ4v) is 3.75. The van der Waals surface area contributed by atoms with Crippen molar-refractivity contribution in [3.63, 3.8) is 0 Å². The van der Waals surface area contributed by atoms with Crippen LogP contribution in [0.25, 0.3) is 0 Å². The van der Waals surface area contributed by atoms with Gasteiger partial charge in [-0.3, -0.25) is 4.79 Å². The van der Waals surface area contributed by atoms with Crippen molar-refractivity contribution in [2.24, 2.45) is 0 Å². The van der Waals surface area contributed by atoms with Gasteiger partial charge in [0.2, 0.25) is 0 Å². The summed E-state index contributed by atoms with van der Waals surface area (Å²) in [6.45, 7) is 2.77. The lowest BCUT2D eigenvalue weighted by Crippen LogP contribution is -2.28. The van der Waals surface area contributed by atoms with Crippen molar-refractivity contribution in [3.05, 3.63) is 66.2 Å². The summed E-state index contributed by atoms with van der Waals surface area (Å²) in [5.74, 6) is -0.298. The summed E-state index contributed by atoms with van der Waals surface area (Å²) >= 11 is 6.92. The van der Waals surface area contributed by atoms with Crippen LogP contribution in [0.5, 0.6) is 0 Å². The number of carbonyl (C=O) groups is 1. The van der Waals surface area contributed by atoms with Gasteiger partial charge >= 0.3 is 5.97 Å². The smallest absolute Gasteiger partial charge is 0.323 e. The maximum Gasteiger partial charge on any atom is 0.323 e. The minimum absolute atomic E-state index is 0.298. The highest BCUT2D eigenvalue weighted by Gasteiger charge is 2.26. The van der Waals surface area contributed by atoms with Crippen LogP contribution in [0.1, 0.15) is 17.7 Å². The van der Waals surface area contributed by atoms with E-state index >= 15 is 0 Å². The first-order chi connectivity index (χ1) is 11.2. The van der Waals surface area contributed by atoms with E-state index in [4.69, 9.17) is 17.0 Å². The Bertz CT molecular complexity index is 647. The number of para-hydroxylation sites is 1. The molecule has 5 heteroatoms. The molecule has 120 valence electrons. The van der Waals surface area contributed by atoms with E-state index in [1.54, 1.807) is 0 Å². The molecular weight excluding hydrogens is 326 g/mol. The van der Waals surface area contributed by atoms with Gasteiger partial charge in [0.25, 0.3) is 0 Å². The van der Waals surface area contributed by atoms with E-state index in [2.05, 4.69) is 0 Å². The number of esters is 1. The molecule has 1 atom stereocenters. The molecule has 0 radical (unpaired) electrons. The molecule has 0 amide bonds. The predicted octanol–water partition coefficient (Wildman–Crippen LogP) is 4.45. The largest absolute Gasteiger partial charge is 0.468 e. The highest BCUT2D eigenvalue weighted by Crippen LogP contribution is 2.33. The molecule has 0 heterocycles. The Labute approximate surface area is 146 Å². The van der Waals surface area contributed by atoms with Crippen molar-refractivity contribution in [2.75, 3.05) is 18.6 Å². The second-order valence-corrected chi connectivity index (χ2v) is 6.52. The lowest BCUT2D eigenvalue weighted by Gasteiger charge is -2.25. The number of nitrogens with zero attached hydrogens (tertiary/aromatic N) is 1. The molecule has 23 heavy (non-hydrogen) atoms. The molecule has 0 spiro atoms. The lowest BCUT2D eigenvalue weighted by atomic mass is 10.1. The van der Waals surface area contributed by atoms with Crippen LogP contribution < -0.4 is 4.90 Å². The Morgan fingerprint density at radius 1 is 1.13 bits per heavy atom. The van der Waals surface area contributed by atoms with Gasteiger partial charge < -0.3 is 9.64 Å². The van der Waals surface area contributed by atoms with Crippen LogP contribution in [-0.4, -0.2) is 23.9 Å². The van der Waals surface area contributed by atoms with Crippen LogP contribution in [0.15, 0.2) is 60.7 Å². The Kier molecular flexibility index (Phi) is 6.62. The number of anilines is 1. The molecule has 0 aromatic heterocycles. The van der Waals surface area contributed by atoms with Gasteiger partial charge in [0.15, 0.2) is 0 Å². The molecule has 2 aromatic carbocycles. The molecule has 1 unspecified atom stereocenters. The third kappa shape index (κ3) is 4.56. The van der Waals surface area contributed by atoms with Crippen LogP contribution in [0.4, 0.5) is 5.69 Å².